The van der Waals surface area contributed by atoms with E-state index in [1.54, 1.807) is 0 Å². The molecule has 6 nitrogen and oxygen atoms in total. The van der Waals surface area contributed by atoms with Gasteiger partial charge in [0.2, 0.25) is 0 Å². The fourth-order valence-electron chi connectivity index (χ4n) is 3.79. The number of carbonyl (C=O) groups is 1. The van der Waals surface area contributed by atoms with Crippen LogP contribution in [0.4, 0.5) is 0 Å². The number of guanidine groups is 1. The Labute approximate surface area is 133 Å². The molecule has 1 aliphatic rings. The van der Waals surface area contributed by atoms with Crippen LogP contribution in [0.2, 0.25) is 0 Å². The number of nitrogens with two attached hydrogens (primary N) is 2. The SMILES string of the molecule is CCC(CC)CC(CC)C1CC(O)(C(=O)O)CC1N=C(N)N. The smallest absolute Gasteiger partial charge is 0.335 e. The van der Waals surface area contributed by atoms with Crippen LogP contribution in [0.25, 0.3) is 0 Å². The zero-order valence-corrected chi connectivity index (χ0v) is 14.0. The summed E-state index contributed by atoms with van der Waals surface area (Å²) in [4.78, 5) is 15.6. The monoisotopic (exact) mass is 313 g/mol. The quantitative estimate of drug-likeness (QED) is 0.401. The summed E-state index contributed by atoms with van der Waals surface area (Å²) in [5.74, 6) is -0.270. The van der Waals surface area contributed by atoms with E-state index in [2.05, 4.69) is 25.8 Å². The van der Waals surface area contributed by atoms with Crippen molar-refractivity contribution in [2.75, 3.05) is 0 Å². The second kappa shape index (κ2) is 7.81. The third kappa shape index (κ3) is 4.35. The molecule has 0 aromatic rings. The lowest BCUT2D eigenvalue weighted by molar-refractivity contribution is -0.158. The van der Waals surface area contributed by atoms with Gasteiger partial charge in [0.1, 0.15) is 0 Å². The van der Waals surface area contributed by atoms with Gasteiger partial charge >= 0.3 is 5.97 Å². The van der Waals surface area contributed by atoms with Crippen LogP contribution in [0.3, 0.4) is 0 Å². The first-order valence-corrected chi connectivity index (χ1v) is 8.31. The molecule has 0 spiro atoms. The van der Waals surface area contributed by atoms with Gasteiger partial charge in [-0.15, -0.1) is 0 Å². The predicted molar refractivity (Wildman–Crippen MR) is 87.4 cm³/mol. The fourth-order valence-corrected chi connectivity index (χ4v) is 3.79. The van der Waals surface area contributed by atoms with Gasteiger partial charge in [-0.2, -0.15) is 0 Å². The average Bonchev–Trinajstić information content (AvgIpc) is 2.78. The van der Waals surface area contributed by atoms with Gasteiger partial charge in [-0.05, 0) is 30.6 Å². The minimum atomic E-state index is -1.71. The van der Waals surface area contributed by atoms with Crippen LogP contribution in [-0.2, 0) is 4.79 Å². The maximum Gasteiger partial charge on any atom is 0.335 e. The second-order valence-electron chi connectivity index (χ2n) is 6.62. The number of aliphatic imine (C=N–C) groups is 1. The molecule has 128 valence electrons. The molecule has 0 bridgehead atoms. The summed E-state index contributed by atoms with van der Waals surface area (Å²) >= 11 is 0. The standard InChI is InChI=1S/C16H31N3O3/c1-4-10(5-2)7-11(6-3)12-8-16(22,14(20)21)9-13(12)19-15(17)18/h10-13,22H,4-9H2,1-3H3,(H,20,21)(H4,17,18,19). The van der Waals surface area contributed by atoms with Crippen molar-refractivity contribution in [2.24, 2.45) is 34.2 Å². The molecule has 4 atom stereocenters. The van der Waals surface area contributed by atoms with E-state index >= 15 is 0 Å². The van der Waals surface area contributed by atoms with Gasteiger partial charge in [-0.3, -0.25) is 0 Å². The first-order chi connectivity index (χ1) is 10.3. The van der Waals surface area contributed by atoms with Crippen molar-refractivity contribution in [3.8, 4) is 0 Å². The highest BCUT2D eigenvalue weighted by atomic mass is 16.4. The average molecular weight is 313 g/mol. The number of carboxylic acids is 1. The van der Waals surface area contributed by atoms with E-state index in [-0.39, 0.29) is 30.8 Å². The molecule has 22 heavy (non-hydrogen) atoms. The Hall–Kier alpha value is -1.30. The molecule has 0 heterocycles. The van der Waals surface area contributed by atoms with E-state index in [1.807, 2.05) is 0 Å². The van der Waals surface area contributed by atoms with Gasteiger partial charge in [-0.25, -0.2) is 9.79 Å². The van der Waals surface area contributed by atoms with Crippen molar-refractivity contribution in [2.45, 2.75) is 70.9 Å². The molecular formula is C16H31N3O3. The third-order valence-electron chi connectivity index (χ3n) is 5.25. The minimum absolute atomic E-state index is 0.00815. The Morgan fingerprint density at radius 3 is 2.23 bits per heavy atom. The number of aliphatic hydroxyl groups is 1. The molecule has 0 aliphatic heterocycles. The van der Waals surface area contributed by atoms with Gasteiger partial charge in [0.15, 0.2) is 11.6 Å². The van der Waals surface area contributed by atoms with E-state index in [0.29, 0.717) is 11.8 Å². The molecule has 6 N–H and O–H groups in total. The molecule has 1 fully saturated rings. The molecule has 0 saturated heterocycles. The minimum Gasteiger partial charge on any atom is -0.479 e. The van der Waals surface area contributed by atoms with Crippen LogP contribution in [0.5, 0.6) is 0 Å². The summed E-state index contributed by atoms with van der Waals surface area (Å²) in [7, 11) is 0. The zero-order valence-electron chi connectivity index (χ0n) is 14.0. The molecule has 4 unspecified atom stereocenters. The lowest BCUT2D eigenvalue weighted by atomic mass is 9.78. The van der Waals surface area contributed by atoms with Gasteiger partial charge in [0, 0.05) is 6.42 Å². The van der Waals surface area contributed by atoms with Gasteiger partial charge in [-0.1, -0.05) is 40.0 Å². The van der Waals surface area contributed by atoms with Crippen LogP contribution < -0.4 is 11.5 Å². The third-order valence-corrected chi connectivity index (χ3v) is 5.25. The van der Waals surface area contributed by atoms with Gasteiger partial charge in [0.25, 0.3) is 0 Å². The topological polar surface area (TPSA) is 122 Å². The number of aliphatic carboxylic acids is 1. The van der Waals surface area contributed by atoms with Crippen molar-refractivity contribution in [1.82, 2.24) is 0 Å². The maximum absolute atomic E-state index is 11.4. The zero-order chi connectivity index (χ0) is 16.9. The van der Waals surface area contributed by atoms with Crippen molar-refractivity contribution in [1.29, 1.82) is 0 Å². The first kappa shape index (κ1) is 18.7. The highest BCUT2D eigenvalue weighted by molar-refractivity contribution is 5.79. The van der Waals surface area contributed by atoms with E-state index in [1.165, 1.54) is 0 Å². The lowest BCUT2D eigenvalue weighted by Gasteiger charge is -2.29. The summed E-state index contributed by atoms with van der Waals surface area (Å²) < 4.78 is 0. The van der Waals surface area contributed by atoms with E-state index < -0.39 is 11.6 Å². The van der Waals surface area contributed by atoms with Crippen molar-refractivity contribution in [3.05, 3.63) is 0 Å². The number of nitrogens with zero attached hydrogens (tertiary/aromatic N) is 1. The van der Waals surface area contributed by atoms with E-state index in [4.69, 9.17) is 11.5 Å². The predicted octanol–water partition coefficient (Wildman–Crippen LogP) is 1.71. The van der Waals surface area contributed by atoms with Crippen LogP contribution in [-0.4, -0.2) is 33.8 Å². The molecule has 0 radical (unpaired) electrons. The summed E-state index contributed by atoms with van der Waals surface area (Å²) in [6.45, 7) is 6.46. The molecule has 1 aliphatic carbocycles. The van der Waals surface area contributed by atoms with Crippen molar-refractivity contribution >= 4 is 11.9 Å². The molecule has 0 aromatic heterocycles. The van der Waals surface area contributed by atoms with Crippen LogP contribution in [0.15, 0.2) is 4.99 Å². The van der Waals surface area contributed by atoms with Crippen LogP contribution >= 0.6 is 0 Å². The molecular weight excluding hydrogens is 282 g/mol. The van der Waals surface area contributed by atoms with Crippen molar-refractivity contribution < 1.29 is 15.0 Å². The lowest BCUT2D eigenvalue weighted by Crippen LogP contribution is -2.36. The van der Waals surface area contributed by atoms with Crippen LogP contribution in [0, 0.1) is 17.8 Å². The molecule has 6 heteroatoms. The number of carboxylic acid groups (broad SMARTS) is 1. The van der Waals surface area contributed by atoms with E-state index in [9.17, 15) is 15.0 Å². The number of rotatable bonds is 8. The van der Waals surface area contributed by atoms with Crippen LogP contribution in [0.1, 0.15) is 59.3 Å². The fraction of sp³-hybridized carbons (Fsp3) is 0.875. The van der Waals surface area contributed by atoms with Gasteiger partial charge < -0.3 is 21.7 Å². The largest absolute Gasteiger partial charge is 0.479 e. The van der Waals surface area contributed by atoms with E-state index in [0.717, 1.165) is 25.7 Å². The molecule has 1 saturated carbocycles. The number of hydrogen-bond donors (Lipinski definition) is 4. The normalized spacial score (nSPS) is 29.5. The summed E-state index contributed by atoms with van der Waals surface area (Å²) in [5.41, 5.74) is 9.27. The highest BCUT2D eigenvalue weighted by Crippen LogP contribution is 2.44. The molecule has 0 amide bonds. The highest BCUT2D eigenvalue weighted by Gasteiger charge is 2.51. The maximum atomic E-state index is 11.4. The Bertz CT molecular complexity index is 405. The Morgan fingerprint density at radius 2 is 1.82 bits per heavy atom. The van der Waals surface area contributed by atoms with Gasteiger partial charge in [0.05, 0.1) is 6.04 Å². The Kier molecular flexibility index (Phi) is 6.66. The summed E-state index contributed by atoms with van der Waals surface area (Å²) in [6, 6.07) is -0.314. The Morgan fingerprint density at radius 1 is 1.23 bits per heavy atom. The molecule has 0 aromatic carbocycles. The summed E-state index contributed by atoms with van der Waals surface area (Å²) in [6.07, 6.45) is 4.49. The second-order valence-corrected chi connectivity index (χ2v) is 6.62. The first-order valence-electron chi connectivity index (χ1n) is 8.31. The molecule has 1 rings (SSSR count). The summed E-state index contributed by atoms with van der Waals surface area (Å²) in [5, 5.41) is 19.7. The van der Waals surface area contributed by atoms with Crippen molar-refractivity contribution in [3.63, 3.8) is 0 Å². The Balaban J connectivity index is 2.99. The number of hydrogen-bond acceptors (Lipinski definition) is 3.